The topological polar surface area (TPSA) is 95.9 Å². The van der Waals surface area contributed by atoms with Gasteiger partial charge in [0.2, 0.25) is 0 Å². The molecule has 0 fully saturated rings. The molecule has 7 nitrogen and oxygen atoms in total. The second kappa shape index (κ2) is 14.2. The lowest BCUT2D eigenvalue weighted by Crippen LogP contribution is -2.35. The fraction of sp³-hybridized carbons (Fsp3) is 0.132. The van der Waals surface area contributed by atoms with Crippen LogP contribution in [0.25, 0.3) is 10.8 Å². The molecule has 0 aliphatic rings. The summed E-state index contributed by atoms with van der Waals surface area (Å²) in [5.41, 5.74) is 3.37. The van der Waals surface area contributed by atoms with Gasteiger partial charge in [-0.1, -0.05) is 91.5 Å². The first kappa shape index (κ1) is 30.8. The second-order valence-electron chi connectivity index (χ2n) is 10.7. The van der Waals surface area contributed by atoms with Gasteiger partial charge in [-0.2, -0.15) is 0 Å². The maximum atomic E-state index is 13.1. The molecular weight excluding hydrogens is 564 g/mol. The van der Waals surface area contributed by atoms with E-state index in [1.807, 2.05) is 60.7 Å². The zero-order valence-electron chi connectivity index (χ0n) is 25.0. The molecule has 0 aromatic heterocycles. The average molecular weight is 599 g/mol. The maximum absolute atomic E-state index is 13.1. The number of hydrogen-bond acceptors (Lipinski definition) is 5. The van der Waals surface area contributed by atoms with E-state index in [1.54, 1.807) is 72.5 Å². The van der Waals surface area contributed by atoms with Gasteiger partial charge in [0.15, 0.2) is 5.78 Å². The molecule has 0 aliphatic carbocycles. The van der Waals surface area contributed by atoms with E-state index in [9.17, 15) is 19.5 Å². The van der Waals surface area contributed by atoms with Crippen LogP contribution in [0.5, 0.6) is 5.75 Å². The molecule has 0 radical (unpaired) electrons. The van der Waals surface area contributed by atoms with Crippen LogP contribution in [-0.4, -0.2) is 42.0 Å². The van der Waals surface area contributed by atoms with Crippen LogP contribution in [0.2, 0.25) is 0 Å². The molecular formula is C38H34N2O5. The van der Waals surface area contributed by atoms with E-state index in [2.05, 4.69) is 11.9 Å². The number of para-hydroxylation sites is 1. The van der Waals surface area contributed by atoms with E-state index in [0.717, 1.165) is 22.0 Å². The molecule has 226 valence electrons. The summed E-state index contributed by atoms with van der Waals surface area (Å²) in [6.45, 7) is 6.09. The molecule has 0 unspecified atom stereocenters. The molecule has 0 aliphatic heterocycles. The van der Waals surface area contributed by atoms with Gasteiger partial charge in [0.1, 0.15) is 18.4 Å². The van der Waals surface area contributed by atoms with E-state index in [-0.39, 0.29) is 24.7 Å². The monoisotopic (exact) mass is 598 g/mol. The van der Waals surface area contributed by atoms with Crippen molar-refractivity contribution in [2.24, 2.45) is 0 Å². The summed E-state index contributed by atoms with van der Waals surface area (Å²) in [5.74, 6) is -0.802. The number of ether oxygens (including phenoxy) is 1. The van der Waals surface area contributed by atoms with Crippen LogP contribution in [0.3, 0.4) is 0 Å². The van der Waals surface area contributed by atoms with Crippen LogP contribution in [0.1, 0.15) is 28.4 Å². The first-order chi connectivity index (χ1) is 21.8. The van der Waals surface area contributed by atoms with Crippen LogP contribution in [-0.2, 0) is 16.0 Å². The summed E-state index contributed by atoms with van der Waals surface area (Å²) in [7, 11) is 0. The largest absolute Gasteiger partial charge is 0.492 e. The Morgan fingerprint density at radius 3 is 2.20 bits per heavy atom. The summed E-state index contributed by atoms with van der Waals surface area (Å²) in [6.07, 6.45) is 0.187. The highest BCUT2D eigenvalue weighted by atomic mass is 16.5. The van der Waals surface area contributed by atoms with Crippen molar-refractivity contribution in [3.8, 4) is 5.75 Å². The smallest absolute Gasteiger partial charge is 0.326 e. The molecule has 0 spiro atoms. The van der Waals surface area contributed by atoms with Crippen LogP contribution in [0, 0.1) is 0 Å². The first-order valence-electron chi connectivity index (χ1n) is 14.7. The Bertz CT molecular complexity index is 1830. The van der Waals surface area contributed by atoms with Crippen LogP contribution in [0.15, 0.2) is 133 Å². The van der Waals surface area contributed by atoms with Crippen molar-refractivity contribution in [1.82, 2.24) is 0 Å². The number of amides is 1. The van der Waals surface area contributed by atoms with Crippen molar-refractivity contribution < 1.29 is 24.2 Å². The van der Waals surface area contributed by atoms with Gasteiger partial charge in [-0.25, -0.2) is 4.79 Å². The molecule has 2 N–H and O–H groups in total. The first-order valence-corrected chi connectivity index (χ1v) is 14.7. The van der Waals surface area contributed by atoms with Gasteiger partial charge in [-0.15, -0.1) is 0 Å². The molecule has 7 heteroatoms. The van der Waals surface area contributed by atoms with Gasteiger partial charge in [-0.05, 0) is 59.7 Å². The van der Waals surface area contributed by atoms with Gasteiger partial charge >= 0.3 is 5.97 Å². The molecule has 5 aromatic carbocycles. The highest BCUT2D eigenvalue weighted by Crippen LogP contribution is 2.24. The number of carbonyl (C=O) groups is 3. The normalized spacial score (nSPS) is 11.4. The van der Waals surface area contributed by atoms with Crippen LogP contribution < -0.4 is 15.0 Å². The third kappa shape index (κ3) is 7.64. The molecule has 0 bridgehead atoms. The number of nitrogens with zero attached hydrogens (tertiary/aromatic N) is 1. The summed E-state index contributed by atoms with van der Waals surface area (Å²) in [5, 5.41) is 15.2. The average Bonchev–Trinajstić information content (AvgIpc) is 3.07. The molecule has 5 rings (SSSR count). The number of fused-ring (bicyclic) bond motifs is 1. The third-order valence-electron chi connectivity index (χ3n) is 7.44. The van der Waals surface area contributed by atoms with Crippen molar-refractivity contribution in [3.63, 3.8) is 0 Å². The van der Waals surface area contributed by atoms with E-state index >= 15 is 0 Å². The van der Waals surface area contributed by atoms with Crippen molar-refractivity contribution in [2.45, 2.75) is 19.4 Å². The summed E-state index contributed by atoms with van der Waals surface area (Å²) < 4.78 is 5.97. The van der Waals surface area contributed by atoms with Crippen LogP contribution >= 0.6 is 0 Å². The minimum Gasteiger partial charge on any atom is -0.492 e. The quantitative estimate of drug-likeness (QED) is 0.110. The van der Waals surface area contributed by atoms with Gasteiger partial charge in [-0.3, -0.25) is 9.59 Å². The summed E-state index contributed by atoms with van der Waals surface area (Å²) in [6, 6.07) is 35.9. The predicted octanol–water partition coefficient (Wildman–Crippen LogP) is 7.17. The van der Waals surface area contributed by atoms with Crippen LogP contribution in [0.4, 0.5) is 11.4 Å². The van der Waals surface area contributed by atoms with E-state index < -0.39 is 12.0 Å². The van der Waals surface area contributed by atoms with Crippen molar-refractivity contribution in [2.75, 3.05) is 23.4 Å². The molecule has 0 saturated heterocycles. The lowest BCUT2D eigenvalue weighted by Gasteiger charge is -2.23. The zero-order chi connectivity index (χ0) is 31.8. The number of nitrogens with one attached hydrogen (secondary N) is 1. The molecule has 1 amide bonds. The van der Waals surface area contributed by atoms with Gasteiger partial charge < -0.3 is 20.1 Å². The molecule has 0 saturated carbocycles. The number of carbonyl (C=O) groups excluding carboxylic acids is 2. The Kier molecular flexibility index (Phi) is 9.70. The maximum Gasteiger partial charge on any atom is 0.326 e. The van der Waals surface area contributed by atoms with Crippen molar-refractivity contribution in [3.05, 3.63) is 150 Å². The summed E-state index contributed by atoms with van der Waals surface area (Å²) in [4.78, 5) is 40.0. The minimum absolute atomic E-state index is 0.177. The number of benzene rings is 5. The minimum atomic E-state index is -1.03. The predicted molar refractivity (Wildman–Crippen MR) is 178 cm³/mol. The second-order valence-corrected chi connectivity index (χ2v) is 10.7. The fourth-order valence-electron chi connectivity index (χ4n) is 5.07. The van der Waals surface area contributed by atoms with Crippen molar-refractivity contribution >= 4 is 39.8 Å². The highest BCUT2D eigenvalue weighted by Gasteiger charge is 2.22. The zero-order valence-corrected chi connectivity index (χ0v) is 25.0. The van der Waals surface area contributed by atoms with Gasteiger partial charge in [0.05, 0.1) is 6.54 Å². The Hall–Kier alpha value is -5.69. The van der Waals surface area contributed by atoms with Gasteiger partial charge in [0.25, 0.3) is 5.91 Å². The fourth-order valence-corrected chi connectivity index (χ4v) is 5.07. The Morgan fingerprint density at radius 1 is 0.822 bits per heavy atom. The Labute approximate surface area is 262 Å². The van der Waals surface area contributed by atoms with E-state index in [4.69, 9.17) is 4.74 Å². The van der Waals surface area contributed by atoms with E-state index in [0.29, 0.717) is 34.7 Å². The lowest BCUT2D eigenvalue weighted by molar-refractivity contribution is -0.137. The Balaban J connectivity index is 1.23. The number of rotatable bonds is 13. The lowest BCUT2D eigenvalue weighted by atomic mass is 10.00. The standard InChI is InChI=1S/C38H34N2O5/c1-26(2)37(42)40(31-19-18-28-10-6-7-13-30(28)25-31)22-23-45-32-20-16-27(17-21-32)24-35(38(43)44)39-34-15-9-8-14-33(34)36(41)29-11-4-3-5-12-29/h3-21,25,35,39H,1,22-24H2,2H3,(H,43,44)/t35-/m0/s1. The SMILES string of the molecule is C=C(C)C(=O)N(CCOc1ccc(C[C@H](Nc2ccccc2C(=O)c2ccccc2)C(=O)O)cc1)c1ccc2ccccc2c1. The van der Waals surface area contributed by atoms with E-state index in [1.165, 1.54) is 0 Å². The number of aliphatic carboxylic acids is 1. The van der Waals surface area contributed by atoms with Crippen molar-refractivity contribution in [1.29, 1.82) is 0 Å². The molecule has 45 heavy (non-hydrogen) atoms. The van der Waals surface area contributed by atoms with Gasteiger partial charge in [0, 0.05) is 34.5 Å². The molecule has 5 aromatic rings. The number of ketones is 1. The Morgan fingerprint density at radius 2 is 1.49 bits per heavy atom. The third-order valence-corrected chi connectivity index (χ3v) is 7.44. The summed E-state index contributed by atoms with van der Waals surface area (Å²) >= 11 is 0. The number of anilines is 2. The number of carboxylic acids is 1. The molecule has 1 atom stereocenters. The molecule has 0 heterocycles. The number of hydrogen-bond donors (Lipinski definition) is 2. The highest BCUT2D eigenvalue weighted by molar-refractivity contribution is 6.12. The number of carboxylic acid groups (broad SMARTS) is 1.